The summed E-state index contributed by atoms with van der Waals surface area (Å²) in [6, 6.07) is 7.29. The van der Waals surface area contributed by atoms with Crippen molar-refractivity contribution in [3.05, 3.63) is 23.8 Å². The number of hydrogen-bond donors (Lipinski definition) is 1. The van der Waals surface area contributed by atoms with Crippen molar-refractivity contribution in [2.24, 2.45) is 5.73 Å². The van der Waals surface area contributed by atoms with E-state index in [0.29, 0.717) is 12.1 Å². The van der Waals surface area contributed by atoms with E-state index < -0.39 is 0 Å². The Kier molecular flexibility index (Phi) is 2.28. The molecular weight excluding hydrogens is 200 g/mol. The molecule has 0 saturated carbocycles. The molecule has 1 fully saturated rings. The number of fused-ring (bicyclic) bond motifs is 3. The number of benzene rings is 1. The van der Waals surface area contributed by atoms with Crippen LogP contribution in [0.15, 0.2) is 18.2 Å². The van der Waals surface area contributed by atoms with Crippen molar-refractivity contribution in [3.8, 4) is 5.75 Å². The molecule has 2 aliphatic rings. The highest BCUT2D eigenvalue weighted by Gasteiger charge is 2.35. The van der Waals surface area contributed by atoms with Gasteiger partial charge in [-0.05, 0) is 30.9 Å². The largest absolute Gasteiger partial charge is 0.495 e. The average molecular weight is 218 g/mol. The first kappa shape index (κ1) is 9.97. The molecular formula is C13H18N2O. The minimum atomic E-state index is 0.312. The van der Waals surface area contributed by atoms with Gasteiger partial charge in [-0.3, -0.25) is 0 Å². The summed E-state index contributed by atoms with van der Waals surface area (Å²) in [5.41, 5.74) is 8.75. The van der Waals surface area contributed by atoms with Gasteiger partial charge in [-0.25, -0.2) is 0 Å². The number of nitrogens with zero attached hydrogens (tertiary/aromatic N) is 1. The lowest BCUT2D eigenvalue weighted by Crippen LogP contribution is -2.47. The molecule has 16 heavy (non-hydrogen) atoms. The highest BCUT2D eigenvalue weighted by atomic mass is 16.5. The van der Waals surface area contributed by atoms with E-state index in [9.17, 15) is 0 Å². The zero-order chi connectivity index (χ0) is 11.1. The first-order valence-electron chi connectivity index (χ1n) is 5.97. The molecule has 1 aromatic rings. The molecule has 3 rings (SSSR count). The van der Waals surface area contributed by atoms with Crippen molar-refractivity contribution < 1.29 is 4.74 Å². The normalized spacial score (nSPS) is 27.5. The van der Waals surface area contributed by atoms with Crippen LogP contribution in [0.4, 0.5) is 5.69 Å². The summed E-state index contributed by atoms with van der Waals surface area (Å²) >= 11 is 0. The summed E-state index contributed by atoms with van der Waals surface area (Å²) in [7, 11) is 1.74. The van der Waals surface area contributed by atoms with E-state index in [2.05, 4.69) is 17.0 Å². The van der Waals surface area contributed by atoms with Gasteiger partial charge in [0.2, 0.25) is 0 Å². The molecule has 86 valence electrons. The van der Waals surface area contributed by atoms with Crippen LogP contribution in [-0.4, -0.2) is 25.7 Å². The minimum Gasteiger partial charge on any atom is -0.495 e. The Labute approximate surface area is 96.2 Å². The van der Waals surface area contributed by atoms with Crippen LogP contribution in [0.1, 0.15) is 18.4 Å². The van der Waals surface area contributed by atoms with Crippen molar-refractivity contribution in [1.82, 2.24) is 0 Å². The maximum atomic E-state index is 6.06. The van der Waals surface area contributed by atoms with Gasteiger partial charge in [0.1, 0.15) is 5.75 Å². The third-order valence-corrected chi connectivity index (χ3v) is 3.79. The minimum absolute atomic E-state index is 0.312. The number of methoxy groups -OCH3 is 1. The van der Waals surface area contributed by atoms with Crippen LogP contribution in [0.2, 0.25) is 0 Å². The van der Waals surface area contributed by atoms with Crippen LogP contribution in [0.5, 0.6) is 5.75 Å². The van der Waals surface area contributed by atoms with Gasteiger partial charge in [0, 0.05) is 18.6 Å². The van der Waals surface area contributed by atoms with E-state index >= 15 is 0 Å². The Morgan fingerprint density at radius 3 is 3.06 bits per heavy atom. The molecule has 1 aromatic carbocycles. The van der Waals surface area contributed by atoms with Gasteiger partial charge >= 0.3 is 0 Å². The summed E-state index contributed by atoms with van der Waals surface area (Å²) in [5, 5.41) is 0. The van der Waals surface area contributed by atoms with Crippen molar-refractivity contribution >= 4 is 5.69 Å². The molecule has 3 nitrogen and oxygen atoms in total. The first-order chi connectivity index (χ1) is 7.79. The Morgan fingerprint density at radius 2 is 2.25 bits per heavy atom. The highest BCUT2D eigenvalue weighted by molar-refractivity contribution is 5.68. The second kappa shape index (κ2) is 3.67. The Bertz CT molecular complexity index is 405. The molecule has 2 unspecified atom stereocenters. The zero-order valence-corrected chi connectivity index (χ0v) is 9.65. The third kappa shape index (κ3) is 1.39. The predicted octanol–water partition coefficient (Wildman–Crippen LogP) is 1.55. The lowest BCUT2D eigenvalue weighted by molar-refractivity contribution is 0.404. The molecule has 2 heterocycles. The molecule has 3 heteroatoms. The van der Waals surface area contributed by atoms with Crippen molar-refractivity contribution in [2.45, 2.75) is 31.3 Å². The van der Waals surface area contributed by atoms with E-state index in [1.54, 1.807) is 7.11 Å². The van der Waals surface area contributed by atoms with Crippen LogP contribution >= 0.6 is 0 Å². The Balaban J connectivity index is 2.02. The van der Waals surface area contributed by atoms with Gasteiger partial charge in [-0.15, -0.1) is 0 Å². The van der Waals surface area contributed by atoms with Gasteiger partial charge in [0.15, 0.2) is 0 Å². The lowest BCUT2D eigenvalue weighted by atomic mass is 9.99. The molecule has 2 N–H and O–H groups in total. The fraction of sp³-hybridized carbons (Fsp3) is 0.538. The first-order valence-corrected chi connectivity index (χ1v) is 5.97. The number of nitrogens with two attached hydrogens (primary N) is 1. The number of piperidine rings is 1. The van der Waals surface area contributed by atoms with Gasteiger partial charge < -0.3 is 15.4 Å². The quantitative estimate of drug-likeness (QED) is 0.777. The van der Waals surface area contributed by atoms with E-state index in [0.717, 1.165) is 25.1 Å². The Hall–Kier alpha value is -1.22. The van der Waals surface area contributed by atoms with Crippen molar-refractivity contribution in [2.75, 3.05) is 18.6 Å². The molecule has 0 radical (unpaired) electrons. The summed E-state index contributed by atoms with van der Waals surface area (Å²) in [6.45, 7) is 0.970. The van der Waals surface area contributed by atoms with Gasteiger partial charge in [-0.2, -0.15) is 0 Å². The van der Waals surface area contributed by atoms with Crippen LogP contribution in [-0.2, 0) is 6.42 Å². The number of ether oxygens (including phenoxy) is 1. The average Bonchev–Trinajstić information content (AvgIpc) is 2.66. The van der Waals surface area contributed by atoms with E-state index in [-0.39, 0.29) is 0 Å². The molecule has 0 spiro atoms. The van der Waals surface area contributed by atoms with Gasteiger partial charge in [0.25, 0.3) is 0 Å². The summed E-state index contributed by atoms with van der Waals surface area (Å²) in [6.07, 6.45) is 3.51. The summed E-state index contributed by atoms with van der Waals surface area (Å²) < 4.78 is 5.46. The second-order valence-electron chi connectivity index (χ2n) is 4.82. The van der Waals surface area contributed by atoms with E-state index in [1.807, 2.05) is 6.07 Å². The fourth-order valence-electron chi connectivity index (χ4n) is 3.02. The molecule has 0 bridgehead atoms. The maximum Gasteiger partial charge on any atom is 0.142 e. The number of para-hydroxylation sites is 1. The zero-order valence-electron chi connectivity index (χ0n) is 9.65. The fourth-order valence-corrected chi connectivity index (χ4v) is 3.02. The second-order valence-corrected chi connectivity index (χ2v) is 4.82. The molecule has 0 aromatic heterocycles. The third-order valence-electron chi connectivity index (χ3n) is 3.79. The number of hydrogen-bond acceptors (Lipinski definition) is 3. The van der Waals surface area contributed by atoms with Gasteiger partial charge in [0.05, 0.1) is 12.8 Å². The van der Waals surface area contributed by atoms with E-state index in [4.69, 9.17) is 10.5 Å². The van der Waals surface area contributed by atoms with Crippen molar-refractivity contribution in [1.29, 1.82) is 0 Å². The highest BCUT2D eigenvalue weighted by Crippen LogP contribution is 2.42. The number of anilines is 1. The molecule has 1 saturated heterocycles. The van der Waals surface area contributed by atoms with Crippen LogP contribution < -0.4 is 15.4 Å². The predicted molar refractivity (Wildman–Crippen MR) is 65.0 cm³/mol. The SMILES string of the molecule is COc1cccc2c1N1CC(N)CCC1C2. The topological polar surface area (TPSA) is 38.5 Å². The molecule has 0 amide bonds. The van der Waals surface area contributed by atoms with Gasteiger partial charge in [-0.1, -0.05) is 12.1 Å². The Morgan fingerprint density at radius 1 is 1.38 bits per heavy atom. The van der Waals surface area contributed by atoms with Crippen LogP contribution in [0.25, 0.3) is 0 Å². The lowest BCUT2D eigenvalue weighted by Gasteiger charge is -2.35. The summed E-state index contributed by atoms with van der Waals surface area (Å²) in [5.74, 6) is 0.995. The standard InChI is InChI=1S/C13H18N2O/c1-16-12-4-2-3-9-7-11-6-5-10(14)8-15(11)13(9)12/h2-4,10-11H,5-8,14H2,1H3. The summed E-state index contributed by atoms with van der Waals surface area (Å²) in [4.78, 5) is 2.45. The molecule has 2 aliphatic heterocycles. The number of rotatable bonds is 1. The smallest absolute Gasteiger partial charge is 0.142 e. The van der Waals surface area contributed by atoms with Crippen molar-refractivity contribution in [3.63, 3.8) is 0 Å². The van der Waals surface area contributed by atoms with Crippen LogP contribution in [0.3, 0.4) is 0 Å². The van der Waals surface area contributed by atoms with E-state index in [1.165, 1.54) is 17.7 Å². The van der Waals surface area contributed by atoms with Crippen LogP contribution in [0, 0.1) is 0 Å². The molecule has 2 atom stereocenters. The maximum absolute atomic E-state index is 6.06. The monoisotopic (exact) mass is 218 g/mol. The molecule has 0 aliphatic carbocycles.